The number of aliphatic hydroxyl groups excluding tert-OH is 1. The average molecular weight is 131 g/mol. The molecule has 1 rings (SSSR count). The van der Waals surface area contributed by atoms with E-state index < -0.39 is 0 Å². The molecule has 3 N–H and O–H groups in total. The van der Waals surface area contributed by atoms with Crippen LogP contribution in [0.5, 0.6) is 0 Å². The maximum absolute atomic E-state index is 8.41. The van der Waals surface area contributed by atoms with Gasteiger partial charge in [-0.15, -0.1) is 0 Å². The van der Waals surface area contributed by atoms with Gasteiger partial charge < -0.3 is 9.94 Å². The Kier molecular flexibility index (Phi) is 1.99. The van der Waals surface area contributed by atoms with Crippen LogP contribution in [-0.2, 0) is 4.84 Å². The van der Waals surface area contributed by atoms with Gasteiger partial charge in [-0.2, -0.15) is 5.01 Å². The smallest absolute Gasteiger partial charge is 0.224 e. The van der Waals surface area contributed by atoms with Crippen LogP contribution < -0.4 is 5.59 Å². The van der Waals surface area contributed by atoms with Crippen LogP contribution in [0.25, 0.3) is 0 Å². The first-order valence-corrected chi connectivity index (χ1v) is 2.68. The quantitative estimate of drug-likeness (QED) is 0.436. The lowest BCUT2D eigenvalue weighted by Gasteiger charge is -2.07. The normalized spacial score (nSPS) is 20.3. The molecule has 1 saturated heterocycles. The number of hydrogen-bond acceptors (Lipinski definition) is 5. The summed E-state index contributed by atoms with van der Waals surface area (Å²) >= 11 is 0. The van der Waals surface area contributed by atoms with E-state index in [4.69, 9.17) is 10.5 Å². The Bertz CT molecular complexity index is 116. The molecule has 0 unspecified atom stereocenters. The number of nitrogens with one attached hydrogen (secondary N) is 2. The van der Waals surface area contributed by atoms with Gasteiger partial charge in [0.2, 0.25) is 5.90 Å². The van der Waals surface area contributed by atoms with Gasteiger partial charge in [-0.05, 0) is 0 Å². The van der Waals surface area contributed by atoms with Crippen molar-refractivity contribution < 1.29 is 9.94 Å². The van der Waals surface area contributed by atoms with Crippen molar-refractivity contribution in [2.24, 2.45) is 0 Å². The monoisotopic (exact) mass is 131 g/mol. The van der Waals surface area contributed by atoms with Crippen LogP contribution in [0.1, 0.15) is 0 Å². The minimum atomic E-state index is 0.0731. The van der Waals surface area contributed by atoms with E-state index in [1.165, 1.54) is 0 Å². The molecule has 0 atom stereocenters. The third-order valence-corrected chi connectivity index (χ3v) is 1.00. The van der Waals surface area contributed by atoms with Gasteiger partial charge in [-0.3, -0.25) is 5.41 Å². The molecule has 1 aliphatic heterocycles. The summed E-state index contributed by atoms with van der Waals surface area (Å²) in [4.78, 5) is 4.57. The molecule has 52 valence electrons. The van der Waals surface area contributed by atoms with E-state index in [1.807, 2.05) is 0 Å². The van der Waals surface area contributed by atoms with E-state index in [-0.39, 0.29) is 12.5 Å². The van der Waals surface area contributed by atoms with Crippen LogP contribution in [0.3, 0.4) is 0 Å². The number of nitrogens with zero attached hydrogens (tertiary/aromatic N) is 1. The van der Waals surface area contributed by atoms with E-state index >= 15 is 0 Å². The van der Waals surface area contributed by atoms with Gasteiger partial charge in [0.15, 0.2) is 0 Å². The average Bonchev–Trinajstić information content (AvgIpc) is 2.17. The molecule has 5 heteroatoms. The molecule has 0 aromatic carbocycles. The molecular formula is C4H9N3O2. The van der Waals surface area contributed by atoms with Gasteiger partial charge in [0.1, 0.15) is 0 Å². The molecule has 1 aliphatic rings. The lowest BCUT2D eigenvalue weighted by molar-refractivity contribution is 0.0426. The number of rotatable bonds is 2. The van der Waals surface area contributed by atoms with Crippen molar-refractivity contribution in [1.82, 2.24) is 10.6 Å². The first-order chi connectivity index (χ1) is 4.33. The first-order valence-electron chi connectivity index (χ1n) is 2.68. The van der Waals surface area contributed by atoms with E-state index in [9.17, 15) is 0 Å². The zero-order chi connectivity index (χ0) is 6.69. The summed E-state index contributed by atoms with van der Waals surface area (Å²) in [7, 11) is 0. The Morgan fingerprint density at radius 1 is 1.89 bits per heavy atom. The third kappa shape index (κ3) is 1.63. The molecule has 9 heavy (non-hydrogen) atoms. The summed E-state index contributed by atoms with van der Waals surface area (Å²) < 4.78 is 0. The summed E-state index contributed by atoms with van der Waals surface area (Å²) in [5.41, 5.74) is 2.46. The minimum absolute atomic E-state index is 0.0731. The number of β-amino-alcohol motifs (C(OH)–C–C–N with tert-alkyl or cyclic N) is 1. The highest BCUT2D eigenvalue weighted by Crippen LogP contribution is 1.91. The Hall–Kier alpha value is -0.650. The number of hydrogen-bond donors (Lipinski definition) is 3. The Labute approximate surface area is 52.7 Å². The van der Waals surface area contributed by atoms with Crippen LogP contribution in [0.2, 0.25) is 0 Å². The highest BCUT2D eigenvalue weighted by molar-refractivity contribution is 5.75. The van der Waals surface area contributed by atoms with Crippen LogP contribution >= 0.6 is 0 Å². The third-order valence-electron chi connectivity index (χ3n) is 1.00. The molecule has 0 aliphatic carbocycles. The SMILES string of the molecule is N=C1CN(CCO)NO1. The lowest BCUT2D eigenvalue weighted by atomic mass is 10.6. The summed E-state index contributed by atoms with van der Waals surface area (Å²) in [6, 6.07) is 0. The van der Waals surface area contributed by atoms with Crippen molar-refractivity contribution in [3.8, 4) is 0 Å². The van der Waals surface area contributed by atoms with Crippen molar-refractivity contribution in [2.45, 2.75) is 0 Å². The zero-order valence-corrected chi connectivity index (χ0v) is 4.92. The van der Waals surface area contributed by atoms with E-state index in [0.717, 1.165) is 0 Å². The van der Waals surface area contributed by atoms with Crippen molar-refractivity contribution in [3.05, 3.63) is 0 Å². The van der Waals surface area contributed by atoms with Crippen LogP contribution in [0.15, 0.2) is 0 Å². The zero-order valence-electron chi connectivity index (χ0n) is 4.92. The molecule has 0 aromatic heterocycles. The molecular weight excluding hydrogens is 122 g/mol. The number of aliphatic hydroxyl groups is 1. The van der Waals surface area contributed by atoms with Gasteiger partial charge in [-0.1, -0.05) is 5.59 Å². The van der Waals surface area contributed by atoms with Gasteiger partial charge in [0.05, 0.1) is 13.2 Å². The Morgan fingerprint density at radius 2 is 2.67 bits per heavy atom. The standard InChI is InChI=1S/C4H9N3O2/c5-4-3-7(1-2-8)6-9-4/h5-6,8H,1-3H2. The van der Waals surface area contributed by atoms with Crippen molar-refractivity contribution in [3.63, 3.8) is 0 Å². The fraction of sp³-hybridized carbons (Fsp3) is 0.750. The Morgan fingerprint density at radius 3 is 3.11 bits per heavy atom. The highest BCUT2D eigenvalue weighted by Gasteiger charge is 2.15. The summed E-state index contributed by atoms with van der Waals surface area (Å²) in [6.07, 6.45) is 0. The van der Waals surface area contributed by atoms with Crippen molar-refractivity contribution in [2.75, 3.05) is 19.7 Å². The van der Waals surface area contributed by atoms with E-state index in [2.05, 4.69) is 10.4 Å². The van der Waals surface area contributed by atoms with Crippen molar-refractivity contribution >= 4 is 5.90 Å². The maximum Gasteiger partial charge on any atom is 0.224 e. The summed E-state index contributed by atoms with van der Waals surface area (Å²) in [6.45, 7) is 0.993. The maximum atomic E-state index is 8.41. The fourth-order valence-electron chi connectivity index (χ4n) is 0.603. The van der Waals surface area contributed by atoms with Gasteiger partial charge in [0.25, 0.3) is 0 Å². The Balaban J connectivity index is 2.22. The van der Waals surface area contributed by atoms with E-state index in [1.54, 1.807) is 5.01 Å². The molecule has 0 radical (unpaired) electrons. The van der Waals surface area contributed by atoms with Gasteiger partial charge in [-0.25, -0.2) is 0 Å². The summed E-state index contributed by atoms with van der Waals surface area (Å²) in [5.74, 6) is 0.184. The molecule has 5 nitrogen and oxygen atoms in total. The minimum Gasteiger partial charge on any atom is -0.395 e. The predicted octanol–water partition coefficient (Wildman–Crippen LogP) is -1.29. The molecule has 1 heterocycles. The lowest BCUT2D eigenvalue weighted by Crippen LogP contribution is -2.32. The van der Waals surface area contributed by atoms with Crippen LogP contribution in [0.4, 0.5) is 0 Å². The molecule has 0 saturated carbocycles. The second-order valence-corrected chi connectivity index (χ2v) is 1.76. The summed E-state index contributed by atoms with van der Waals surface area (Å²) in [5, 5.41) is 17.0. The van der Waals surface area contributed by atoms with E-state index in [0.29, 0.717) is 13.1 Å². The molecule has 0 amide bonds. The molecule has 0 spiro atoms. The van der Waals surface area contributed by atoms with Crippen molar-refractivity contribution in [1.29, 1.82) is 5.41 Å². The van der Waals surface area contributed by atoms with Gasteiger partial charge >= 0.3 is 0 Å². The van der Waals surface area contributed by atoms with Crippen LogP contribution in [0, 0.1) is 5.41 Å². The number of hydrazine groups is 1. The van der Waals surface area contributed by atoms with Gasteiger partial charge in [0, 0.05) is 6.54 Å². The second-order valence-electron chi connectivity index (χ2n) is 1.76. The molecule has 0 bridgehead atoms. The largest absolute Gasteiger partial charge is 0.395 e. The molecule has 1 fully saturated rings. The predicted molar refractivity (Wildman–Crippen MR) is 30.6 cm³/mol. The highest BCUT2D eigenvalue weighted by atomic mass is 16.7. The first kappa shape index (κ1) is 6.47. The molecule has 0 aromatic rings. The fourth-order valence-corrected chi connectivity index (χ4v) is 0.603. The van der Waals surface area contributed by atoms with Crippen LogP contribution in [-0.4, -0.2) is 35.7 Å². The second kappa shape index (κ2) is 2.77. The topological polar surface area (TPSA) is 68.6 Å².